The molecule has 0 aliphatic carbocycles. The van der Waals surface area contributed by atoms with E-state index in [1.54, 1.807) is 0 Å². The quantitative estimate of drug-likeness (QED) is 0.0169. The number of carbonyl (C=O) groups excluding carboxylic acids is 4. The SMILES string of the molecule is CCCCCC/C=C\C=C/CCCCCCCC(=O)O[C@H](COC(=O)CCCCCCCCCCCCC)COP(=O)(O)OC[C@H](O)COP(=O)(O)OC[C@@H](COC(=O)CCCCCCCCCCCCCCCCCCC)OC(=O)CCCCCCCCCCCCCCCCCCC. The maximum atomic E-state index is 13.1. The molecular formula is C81H154O17P2. The van der Waals surface area contributed by atoms with Crippen molar-refractivity contribution < 1.29 is 80.2 Å². The molecular weight excluding hydrogens is 1310 g/mol. The first-order valence-corrected chi connectivity index (χ1v) is 44.6. The Morgan fingerprint density at radius 3 is 0.730 bits per heavy atom. The number of hydrogen-bond acceptors (Lipinski definition) is 15. The molecule has 0 spiro atoms. The number of phosphoric ester groups is 2. The minimum absolute atomic E-state index is 0.0859. The summed E-state index contributed by atoms with van der Waals surface area (Å²) in [6.45, 7) is 4.96. The number of aliphatic hydroxyl groups is 1. The van der Waals surface area contributed by atoms with Crippen LogP contribution < -0.4 is 0 Å². The summed E-state index contributed by atoms with van der Waals surface area (Å²) in [6, 6.07) is 0. The Kier molecular flexibility index (Phi) is 73.0. The van der Waals surface area contributed by atoms with E-state index in [1.165, 1.54) is 231 Å². The summed E-state index contributed by atoms with van der Waals surface area (Å²) in [5.74, 6) is -2.13. The number of carbonyl (C=O) groups is 4. The number of unbranched alkanes of at least 4 members (excludes halogenated alkanes) is 51. The molecule has 0 rings (SSSR count). The van der Waals surface area contributed by atoms with Gasteiger partial charge in [-0.1, -0.05) is 360 Å². The first-order valence-electron chi connectivity index (χ1n) is 41.6. The molecule has 0 saturated heterocycles. The van der Waals surface area contributed by atoms with Crippen LogP contribution >= 0.6 is 15.6 Å². The smallest absolute Gasteiger partial charge is 0.462 e. The molecule has 3 N–H and O–H groups in total. The second kappa shape index (κ2) is 74.8. The Balaban J connectivity index is 5.28. The van der Waals surface area contributed by atoms with Gasteiger partial charge in [-0.05, 0) is 51.4 Å². The number of allylic oxidation sites excluding steroid dienone is 4. The van der Waals surface area contributed by atoms with Crippen molar-refractivity contribution in [1.82, 2.24) is 0 Å². The average molecular weight is 1460 g/mol. The fourth-order valence-electron chi connectivity index (χ4n) is 12.1. The fraction of sp³-hybridized carbons (Fsp3) is 0.901. The average Bonchev–Trinajstić information content (AvgIpc) is 0.957. The summed E-state index contributed by atoms with van der Waals surface area (Å²) < 4.78 is 68.7. The van der Waals surface area contributed by atoms with Crippen LogP contribution in [0.5, 0.6) is 0 Å². The molecule has 0 amide bonds. The molecule has 0 aromatic carbocycles. The summed E-state index contributed by atoms with van der Waals surface area (Å²) in [4.78, 5) is 73.0. The number of aliphatic hydroxyl groups excluding tert-OH is 1. The Labute approximate surface area is 612 Å². The minimum Gasteiger partial charge on any atom is -0.462 e. The van der Waals surface area contributed by atoms with E-state index in [0.29, 0.717) is 25.7 Å². The molecule has 100 heavy (non-hydrogen) atoms. The van der Waals surface area contributed by atoms with Crippen molar-refractivity contribution in [2.45, 2.75) is 431 Å². The molecule has 0 fully saturated rings. The highest BCUT2D eigenvalue weighted by atomic mass is 31.2. The van der Waals surface area contributed by atoms with Gasteiger partial charge in [0.1, 0.15) is 19.3 Å². The molecule has 590 valence electrons. The predicted octanol–water partition coefficient (Wildman–Crippen LogP) is 24.1. The standard InChI is InChI=1S/C81H154O17P2/c1-5-9-13-17-21-25-29-32-35-37-40-42-46-50-54-58-62-66-79(84)92-72-77(98-81(86)68-64-60-56-52-48-44-41-38-36-33-30-26-22-18-14-10-6-2)74-96-100(89,90)94-70-75(82)69-93-99(87,88)95-73-76(71-91-78(83)65-61-57-53-49-45-28-24-20-16-12-8-4)97-80(85)67-63-59-55-51-47-43-39-34-31-27-23-19-15-11-7-3/h27,31,34,39,75-77,82H,5-26,28-30,32-33,35-38,40-74H2,1-4H3,(H,87,88)(H,89,90)/b31-27-,39-34-/t75-,76+,77+/m0/s1. The van der Waals surface area contributed by atoms with E-state index in [-0.39, 0.29) is 25.7 Å². The zero-order valence-electron chi connectivity index (χ0n) is 64.7. The van der Waals surface area contributed by atoms with Gasteiger partial charge in [-0.2, -0.15) is 0 Å². The summed E-state index contributed by atoms with van der Waals surface area (Å²) in [5, 5.41) is 10.6. The van der Waals surface area contributed by atoms with Crippen LogP contribution in [-0.2, 0) is 65.4 Å². The molecule has 0 bridgehead atoms. The van der Waals surface area contributed by atoms with Crippen LogP contribution in [0.15, 0.2) is 24.3 Å². The third-order valence-electron chi connectivity index (χ3n) is 18.5. The molecule has 17 nitrogen and oxygen atoms in total. The number of ether oxygens (including phenoxy) is 4. The lowest BCUT2D eigenvalue weighted by atomic mass is 10.0. The van der Waals surface area contributed by atoms with E-state index in [1.807, 2.05) is 0 Å². The van der Waals surface area contributed by atoms with Gasteiger partial charge in [0.2, 0.25) is 0 Å². The first kappa shape index (κ1) is 97.5. The third kappa shape index (κ3) is 73.8. The summed E-state index contributed by atoms with van der Waals surface area (Å²) in [6.07, 6.45) is 70.0. The number of hydrogen-bond donors (Lipinski definition) is 3. The van der Waals surface area contributed by atoms with Gasteiger partial charge in [-0.3, -0.25) is 37.3 Å². The Morgan fingerprint density at radius 1 is 0.280 bits per heavy atom. The molecule has 5 atom stereocenters. The number of rotatable bonds is 80. The van der Waals surface area contributed by atoms with E-state index in [0.717, 1.165) is 103 Å². The van der Waals surface area contributed by atoms with Crippen LogP contribution in [0, 0.1) is 0 Å². The fourth-order valence-corrected chi connectivity index (χ4v) is 13.7. The van der Waals surface area contributed by atoms with Crippen LogP contribution in [0.2, 0.25) is 0 Å². The van der Waals surface area contributed by atoms with Crippen molar-refractivity contribution in [2.75, 3.05) is 39.6 Å². The third-order valence-corrected chi connectivity index (χ3v) is 20.4. The topological polar surface area (TPSA) is 237 Å². The lowest BCUT2D eigenvalue weighted by Gasteiger charge is -2.21. The van der Waals surface area contributed by atoms with Crippen LogP contribution in [0.3, 0.4) is 0 Å². The predicted molar refractivity (Wildman–Crippen MR) is 409 cm³/mol. The minimum atomic E-state index is -4.97. The van der Waals surface area contributed by atoms with Crippen molar-refractivity contribution in [2.24, 2.45) is 0 Å². The molecule has 19 heteroatoms. The highest BCUT2D eigenvalue weighted by Gasteiger charge is 2.30. The zero-order chi connectivity index (χ0) is 73.2. The maximum Gasteiger partial charge on any atom is 0.472 e. The zero-order valence-corrected chi connectivity index (χ0v) is 66.5. The Bertz CT molecular complexity index is 1990. The van der Waals surface area contributed by atoms with Crippen molar-refractivity contribution >= 4 is 39.5 Å². The largest absolute Gasteiger partial charge is 0.472 e. The summed E-state index contributed by atoms with van der Waals surface area (Å²) >= 11 is 0. The van der Waals surface area contributed by atoms with Gasteiger partial charge in [-0.15, -0.1) is 0 Å². The van der Waals surface area contributed by atoms with Crippen molar-refractivity contribution in [3.8, 4) is 0 Å². The highest BCUT2D eigenvalue weighted by molar-refractivity contribution is 7.47. The first-order chi connectivity index (χ1) is 48.7. The Hall–Kier alpha value is -2.46. The van der Waals surface area contributed by atoms with Crippen LogP contribution in [0.1, 0.15) is 413 Å². The normalized spacial score (nSPS) is 13.9. The molecule has 2 unspecified atom stereocenters. The van der Waals surface area contributed by atoms with Crippen molar-refractivity contribution in [3.63, 3.8) is 0 Å². The van der Waals surface area contributed by atoms with Crippen molar-refractivity contribution in [3.05, 3.63) is 24.3 Å². The van der Waals surface area contributed by atoms with Crippen LogP contribution in [0.25, 0.3) is 0 Å². The molecule has 0 aromatic heterocycles. The van der Waals surface area contributed by atoms with Gasteiger partial charge < -0.3 is 33.8 Å². The molecule has 0 aromatic rings. The second-order valence-electron chi connectivity index (χ2n) is 28.5. The molecule has 0 aliphatic heterocycles. The van der Waals surface area contributed by atoms with Gasteiger partial charge in [0.25, 0.3) is 0 Å². The number of phosphoric acid groups is 2. The van der Waals surface area contributed by atoms with Crippen LogP contribution in [-0.4, -0.2) is 96.7 Å². The van der Waals surface area contributed by atoms with Gasteiger partial charge in [-0.25, -0.2) is 9.13 Å². The summed E-state index contributed by atoms with van der Waals surface area (Å²) in [5.41, 5.74) is 0. The molecule has 0 saturated carbocycles. The van der Waals surface area contributed by atoms with Gasteiger partial charge in [0.15, 0.2) is 12.2 Å². The van der Waals surface area contributed by atoms with Gasteiger partial charge in [0, 0.05) is 25.7 Å². The number of esters is 4. The second-order valence-corrected chi connectivity index (χ2v) is 31.4. The lowest BCUT2D eigenvalue weighted by molar-refractivity contribution is -0.161. The van der Waals surface area contributed by atoms with Crippen LogP contribution in [0.4, 0.5) is 0 Å². The molecule has 0 radical (unpaired) electrons. The lowest BCUT2D eigenvalue weighted by Crippen LogP contribution is -2.30. The monoisotopic (exact) mass is 1460 g/mol. The van der Waals surface area contributed by atoms with E-state index in [2.05, 4.69) is 52.0 Å². The van der Waals surface area contributed by atoms with Gasteiger partial charge in [0.05, 0.1) is 26.4 Å². The van der Waals surface area contributed by atoms with E-state index in [9.17, 15) is 43.2 Å². The molecule has 0 aliphatic rings. The van der Waals surface area contributed by atoms with E-state index < -0.39 is 97.5 Å². The Morgan fingerprint density at radius 2 is 0.480 bits per heavy atom. The van der Waals surface area contributed by atoms with Gasteiger partial charge >= 0.3 is 39.5 Å². The maximum absolute atomic E-state index is 13.1. The highest BCUT2D eigenvalue weighted by Crippen LogP contribution is 2.45. The van der Waals surface area contributed by atoms with Crippen molar-refractivity contribution in [1.29, 1.82) is 0 Å². The van der Waals surface area contributed by atoms with E-state index in [4.69, 9.17) is 37.0 Å². The summed E-state index contributed by atoms with van der Waals surface area (Å²) in [7, 11) is -9.93. The molecule has 0 heterocycles. The van der Waals surface area contributed by atoms with E-state index >= 15 is 0 Å².